The highest BCUT2D eigenvalue weighted by atomic mass is 16.6. The van der Waals surface area contributed by atoms with Gasteiger partial charge in [0.05, 0.1) is 0 Å². The predicted molar refractivity (Wildman–Crippen MR) is 142 cm³/mol. The molecule has 0 saturated heterocycles. The highest BCUT2D eigenvalue weighted by molar-refractivity contribution is 5.84. The number of carbonyl (C=O) groups excluding carboxylic acids is 4. The van der Waals surface area contributed by atoms with Gasteiger partial charge in [0, 0.05) is 24.3 Å². The Balaban J connectivity index is 5.88. The predicted octanol–water partition coefficient (Wildman–Crippen LogP) is 4.67. The molecule has 0 fully saturated rings. The van der Waals surface area contributed by atoms with E-state index in [1.807, 2.05) is 0 Å². The zero-order chi connectivity index (χ0) is 27.8. The van der Waals surface area contributed by atoms with Crippen LogP contribution in [0.4, 0.5) is 0 Å². The van der Waals surface area contributed by atoms with Crippen LogP contribution in [-0.2, 0) is 38.1 Å². The second-order valence-corrected chi connectivity index (χ2v) is 7.47. The molecule has 0 aliphatic heterocycles. The summed E-state index contributed by atoms with van der Waals surface area (Å²) in [7, 11) is 0. The Labute approximate surface area is 219 Å². The van der Waals surface area contributed by atoms with Gasteiger partial charge in [-0.25, -0.2) is 19.2 Å². The van der Waals surface area contributed by atoms with Crippen LogP contribution in [0.5, 0.6) is 0 Å². The highest BCUT2D eigenvalue weighted by Gasteiger charge is 2.37. The third-order valence-electron chi connectivity index (χ3n) is 4.23. The minimum absolute atomic E-state index is 0.365. The molecule has 0 aromatic rings. The minimum Gasteiger partial charge on any atom is -0.462 e. The molecular formula is C29H36O8. The number of ether oxygens (including phenoxy) is 4. The van der Waals surface area contributed by atoms with Gasteiger partial charge in [-0.05, 0) is 27.7 Å². The fraction of sp³-hybridized carbons (Fsp3) is 0.310. The van der Waals surface area contributed by atoms with Gasteiger partial charge in [0.15, 0.2) is 0 Å². The Morgan fingerprint density at radius 2 is 0.649 bits per heavy atom. The number of rotatable bonds is 16. The summed E-state index contributed by atoms with van der Waals surface area (Å²) in [6.45, 7) is 5.70. The maximum atomic E-state index is 12.2. The largest absolute Gasteiger partial charge is 0.462 e. The molecule has 0 aromatic carbocycles. The lowest BCUT2D eigenvalue weighted by Crippen LogP contribution is -2.43. The molecule has 0 heterocycles. The smallest absolute Gasteiger partial charge is 0.330 e. The Hall–Kier alpha value is -4.20. The van der Waals surface area contributed by atoms with E-state index < -0.39 is 29.3 Å². The average Bonchev–Trinajstić information content (AvgIpc) is 2.88. The van der Waals surface area contributed by atoms with Crippen molar-refractivity contribution in [1.29, 1.82) is 0 Å². The highest BCUT2D eigenvalue weighted by Crippen LogP contribution is 2.22. The molecule has 8 heteroatoms. The zero-order valence-electron chi connectivity index (χ0n) is 21.8. The van der Waals surface area contributed by atoms with Crippen LogP contribution in [-0.4, -0.2) is 50.3 Å². The number of hydrogen-bond donors (Lipinski definition) is 0. The normalized spacial score (nSPS) is 14.2. The van der Waals surface area contributed by atoms with Crippen LogP contribution in [0.15, 0.2) is 97.2 Å². The van der Waals surface area contributed by atoms with Crippen LogP contribution in [0, 0.1) is 5.41 Å². The van der Waals surface area contributed by atoms with E-state index in [4.69, 9.17) is 18.9 Å². The van der Waals surface area contributed by atoms with E-state index in [-0.39, 0.29) is 26.4 Å². The van der Waals surface area contributed by atoms with Crippen molar-refractivity contribution in [3.63, 3.8) is 0 Å². The van der Waals surface area contributed by atoms with Gasteiger partial charge in [-0.2, -0.15) is 0 Å². The molecule has 37 heavy (non-hydrogen) atoms. The van der Waals surface area contributed by atoms with Crippen LogP contribution in [0.3, 0.4) is 0 Å². The van der Waals surface area contributed by atoms with E-state index in [1.54, 1.807) is 76.3 Å². The molecule has 0 aliphatic carbocycles. The molecule has 0 spiro atoms. The molecule has 0 radical (unpaired) electrons. The van der Waals surface area contributed by atoms with Gasteiger partial charge >= 0.3 is 23.9 Å². The SMILES string of the molecule is CC=CC=CC(=O)OCC(COC(=O)C=CC=CC)(COC(=O)C=CC=CC)COC(=O)C=CC=CC. The summed E-state index contributed by atoms with van der Waals surface area (Å²) in [6.07, 6.45) is 24.3. The Morgan fingerprint density at radius 3 is 0.838 bits per heavy atom. The Morgan fingerprint density at radius 1 is 0.432 bits per heavy atom. The van der Waals surface area contributed by atoms with Crippen LogP contribution in [0.2, 0.25) is 0 Å². The molecule has 0 aromatic heterocycles. The van der Waals surface area contributed by atoms with Gasteiger partial charge in [0.2, 0.25) is 0 Å². The fourth-order valence-corrected chi connectivity index (χ4v) is 2.32. The molecule has 0 unspecified atom stereocenters. The molecule has 8 nitrogen and oxygen atoms in total. The first-order valence-corrected chi connectivity index (χ1v) is 11.7. The van der Waals surface area contributed by atoms with Crippen molar-refractivity contribution in [3.8, 4) is 0 Å². The van der Waals surface area contributed by atoms with Gasteiger partial charge < -0.3 is 18.9 Å². The first-order valence-electron chi connectivity index (χ1n) is 11.7. The third kappa shape index (κ3) is 17.8. The monoisotopic (exact) mass is 512 g/mol. The zero-order valence-corrected chi connectivity index (χ0v) is 21.8. The summed E-state index contributed by atoms with van der Waals surface area (Å²) in [5.74, 6) is -2.72. The summed E-state index contributed by atoms with van der Waals surface area (Å²) in [6, 6.07) is 0. The van der Waals surface area contributed by atoms with Gasteiger partial charge in [-0.15, -0.1) is 0 Å². The summed E-state index contributed by atoms with van der Waals surface area (Å²) < 4.78 is 21.3. The van der Waals surface area contributed by atoms with E-state index in [1.165, 1.54) is 48.6 Å². The van der Waals surface area contributed by atoms with Crippen LogP contribution < -0.4 is 0 Å². The number of allylic oxidation sites excluding steroid dienone is 12. The first-order chi connectivity index (χ1) is 17.8. The van der Waals surface area contributed by atoms with Crippen molar-refractivity contribution in [1.82, 2.24) is 0 Å². The molecule has 0 saturated carbocycles. The summed E-state index contributed by atoms with van der Waals surface area (Å²) in [4.78, 5) is 48.7. The number of hydrogen-bond acceptors (Lipinski definition) is 8. The van der Waals surface area contributed by atoms with Crippen LogP contribution >= 0.6 is 0 Å². The Bertz CT molecular complexity index is 801. The van der Waals surface area contributed by atoms with Gasteiger partial charge in [-0.1, -0.05) is 72.9 Å². The van der Waals surface area contributed by atoms with E-state index in [9.17, 15) is 19.2 Å². The third-order valence-corrected chi connectivity index (χ3v) is 4.23. The standard InChI is InChI=1S/C29H36O8/c1-5-9-13-17-25(30)34-21-29(22-35-26(31)18-14-10-6-2,23-36-27(32)19-15-11-7-3)24-37-28(33)20-16-12-8-4/h5-20H,21-24H2,1-4H3. The quantitative estimate of drug-likeness (QED) is 0.127. The van der Waals surface area contributed by atoms with Crippen molar-refractivity contribution in [2.45, 2.75) is 27.7 Å². The van der Waals surface area contributed by atoms with Crippen molar-refractivity contribution in [3.05, 3.63) is 97.2 Å². The van der Waals surface area contributed by atoms with Gasteiger partial charge in [0.1, 0.15) is 31.8 Å². The Kier molecular flexibility index (Phi) is 18.7. The molecule has 0 rings (SSSR count). The maximum Gasteiger partial charge on any atom is 0.330 e. The molecule has 0 aliphatic rings. The molecule has 0 N–H and O–H groups in total. The van der Waals surface area contributed by atoms with Crippen LogP contribution in [0.1, 0.15) is 27.7 Å². The lowest BCUT2D eigenvalue weighted by atomic mass is 9.92. The summed E-state index contributed by atoms with van der Waals surface area (Å²) in [5, 5.41) is 0. The van der Waals surface area contributed by atoms with Crippen molar-refractivity contribution in [2.75, 3.05) is 26.4 Å². The van der Waals surface area contributed by atoms with E-state index in [2.05, 4.69) is 0 Å². The molecule has 0 atom stereocenters. The van der Waals surface area contributed by atoms with E-state index in [0.29, 0.717) is 0 Å². The second-order valence-electron chi connectivity index (χ2n) is 7.47. The van der Waals surface area contributed by atoms with E-state index >= 15 is 0 Å². The summed E-state index contributed by atoms with van der Waals surface area (Å²) >= 11 is 0. The number of carbonyl (C=O) groups is 4. The van der Waals surface area contributed by atoms with Crippen molar-refractivity contribution < 1.29 is 38.1 Å². The van der Waals surface area contributed by atoms with E-state index in [0.717, 1.165) is 0 Å². The fourth-order valence-electron chi connectivity index (χ4n) is 2.32. The molecular weight excluding hydrogens is 476 g/mol. The van der Waals surface area contributed by atoms with Crippen molar-refractivity contribution >= 4 is 23.9 Å². The lowest BCUT2D eigenvalue weighted by Gasteiger charge is -2.31. The van der Waals surface area contributed by atoms with Gasteiger partial charge in [0.25, 0.3) is 0 Å². The van der Waals surface area contributed by atoms with Gasteiger partial charge in [-0.3, -0.25) is 0 Å². The second kappa shape index (κ2) is 21.1. The molecule has 0 amide bonds. The topological polar surface area (TPSA) is 105 Å². The van der Waals surface area contributed by atoms with Crippen LogP contribution in [0.25, 0.3) is 0 Å². The number of esters is 4. The average molecular weight is 513 g/mol. The first kappa shape index (κ1) is 32.8. The summed E-state index contributed by atoms with van der Waals surface area (Å²) in [5.41, 5.74) is -1.37. The molecule has 200 valence electrons. The maximum absolute atomic E-state index is 12.2. The minimum atomic E-state index is -1.37. The van der Waals surface area contributed by atoms with Crippen molar-refractivity contribution in [2.24, 2.45) is 5.41 Å². The molecule has 0 bridgehead atoms. The lowest BCUT2D eigenvalue weighted by molar-refractivity contribution is -0.164.